The molecule has 9 nitrogen and oxygen atoms in total. The van der Waals surface area contributed by atoms with Gasteiger partial charge < -0.3 is 19.3 Å². The second-order valence-electron chi connectivity index (χ2n) is 7.77. The van der Waals surface area contributed by atoms with Crippen LogP contribution in [-0.2, 0) is 10.0 Å². The maximum absolute atomic E-state index is 13.1. The summed E-state index contributed by atoms with van der Waals surface area (Å²) in [6, 6.07) is 15.5. The van der Waals surface area contributed by atoms with Crippen molar-refractivity contribution in [1.29, 1.82) is 0 Å². The number of hydrogen-bond acceptors (Lipinski definition) is 8. The maximum atomic E-state index is 13.1. The molecule has 4 rings (SSSR count). The van der Waals surface area contributed by atoms with E-state index in [9.17, 15) is 8.42 Å². The quantitative estimate of drug-likeness (QED) is 0.564. The molecule has 1 aromatic heterocycles. The monoisotopic (exact) mass is 469 g/mol. The van der Waals surface area contributed by atoms with E-state index < -0.39 is 10.0 Å². The smallest absolute Gasteiger partial charge is 0.265 e. The molecule has 0 saturated carbocycles. The van der Waals surface area contributed by atoms with Crippen molar-refractivity contribution in [1.82, 2.24) is 15.1 Å². The lowest BCUT2D eigenvalue weighted by Crippen LogP contribution is -2.44. The van der Waals surface area contributed by atoms with Crippen molar-refractivity contribution in [3.63, 3.8) is 0 Å². The van der Waals surface area contributed by atoms with Crippen molar-refractivity contribution < 1.29 is 17.9 Å². The van der Waals surface area contributed by atoms with Crippen LogP contribution in [0.3, 0.4) is 0 Å². The van der Waals surface area contributed by atoms with Gasteiger partial charge in [0.15, 0.2) is 5.82 Å². The van der Waals surface area contributed by atoms with Crippen molar-refractivity contribution in [2.24, 2.45) is 0 Å². The lowest BCUT2D eigenvalue weighted by molar-refractivity contribution is 0.312. The van der Waals surface area contributed by atoms with Gasteiger partial charge in [-0.25, -0.2) is 8.42 Å². The van der Waals surface area contributed by atoms with Crippen LogP contribution >= 0.6 is 0 Å². The van der Waals surface area contributed by atoms with E-state index in [4.69, 9.17) is 9.47 Å². The molecule has 0 amide bonds. The van der Waals surface area contributed by atoms with Crippen LogP contribution in [-0.4, -0.2) is 71.0 Å². The minimum atomic E-state index is -3.92. The van der Waals surface area contributed by atoms with Crippen molar-refractivity contribution >= 4 is 21.5 Å². The molecule has 1 aliphatic rings. The molecule has 2 heterocycles. The fourth-order valence-electron chi connectivity index (χ4n) is 3.63. The molecule has 0 bridgehead atoms. The molecule has 0 radical (unpaired) electrons. The van der Waals surface area contributed by atoms with Crippen LogP contribution in [0.2, 0.25) is 0 Å². The Hall–Kier alpha value is -3.37. The molecule has 1 saturated heterocycles. The van der Waals surface area contributed by atoms with Gasteiger partial charge in [-0.3, -0.25) is 4.72 Å². The van der Waals surface area contributed by atoms with Gasteiger partial charge in [0, 0.05) is 43.5 Å². The highest BCUT2D eigenvalue weighted by molar-refractivity contribution is 7.92. The normalized spacial score (nSPS) is 14.7. The molecule has 1 N–H and O–H groups in total. The first-order chi connectivity index (χ1) is 15.9. The highest BCUT2D eigenvalue weighted by atomic mass is 32.2. The number of likely N-dealkylation sites (N-methyl/N-ethyl adjacent to an activating group) is 1. The Morgan fingerprint density at radius 3 is 2.36 bits per heavy atom. The summed E-state index contributed by atoms with van der Waals surface area (Å²) in [5, 5.41) is 8.76. The summed E-state index contributed by atoms with van der Waals surface area (Å²) in [6.07, 6.45) is 0. The first-order valence-corrected chi connectivity index (χ1v) is 12.0. The van der Waals surface area contributed by atoms with E-state index in [0.29, 0.717) is 17.1 Å². The summed E-state index contributed by atoms with van der Waals surface area (Å²) in [6.45, 7) is 3.80. The van der Waals surface area contributed by atoms with E-state index in [-0.39, 0.29) is 10.6 Å². The number of sulfonamides is 1. The molecule has 10 heteroatoms. The van der Waals surface area contributed by atoms with Crippen molar-refractivity contribution in [3.05, 3.63) is 54.6 Å². The number of rotatable bonds is 7. The highest BCUT2D eigenvalue weighted by Crippen LogP contribution is 2.30. The van der Waals surface area contributed by atoms with Gasteiger partial charge in [0.1, 0.15) is 16.4 Å². The van der Waals surface area contributed by atoms with E-state index >= 15 is 0 Å². The predicted octanol–water partition coefficient (Wildman–Crippen LogP) is 2.71. The average Bonchev–Trinajstić information content (AvgIpc) is 2.84. The number of piperazine rings is 1. The zero-order valence-corrected chi connectivity index (χ0v) is 19.7. The van der Waals surface area contributed by atoms with E-state index in [0.717, 1.165) is 37.6 Å². The second-order valence-corrected chi connectivity index (χ2v) is 9.42. The molecule has 33 heavy (non-hydrogen) atoms. The van der Waals surface area contributed by atoms with E-state index in [2.05, 4.69) is 31.8 Å². The predicted molar refractivity (Wildman–Crippen MR) is 128 cm³/mol. The third-order valence-electron chi connectivity index (χ3n) is 5.55. The van der Waals surface area contributed by atoms with Crippen LogP contribution in [0, 0.1) is 0 Å². The average molecular weight is 470 g/mol. The van der Waals surface area contributed by atoms with Crippen LogP contribution in [0.1, 0.15) is 0 Å². The fourth-order valence-corrected chi connectivity index (χ4v) is 4.86. The zero-order valence-electron chi connectivity index (χ0n) is 18.9. The van der Waals surface area contributed by atoms with Crippen molar-refractivity contribution in [2.45, 2.75) is 4.90 Å². The minimum Gasteiger partial charge on any atom is -0.497 e. The molecule has 1 fully saturated rings. The topological polar surface area (TPSA) is 96.9 Å². The number of methoxy groups -OCH3 is 2. The standard InChI is InChI=1S/C23H27N5O4S/c1-27-11-13-28(14-12-27)23-10-8-20(24-25-23)17-5-4-6-18(15-17)26-33(29,30)22-16-19(31-2)7-9-21(22)32-3/h4-10,15-16,26H,11-14H2,1-3H3. The molecule has 0 atom stereocenters. The summed E-state index contributed by atoms with van der Waals surface area (Å²) in [5.41, 5.74) is 1.82. The molecular weight excluding hydrogens is 442 g/mol. The zero-order chi connectivity index (χ0) is 23.4. The van der Waals surface area contributed by atoms with Crippen LogP contribution in [0.25, 0.3) is 11.3 Å². The summed E-state index contributed by atoms with van der Waals surface area (Å²) in [4.78, 5) is 4.49. The maximum Gasteiger partial charge on any atom is 0.265 e. The third kappa shape index (κ3) is 5.18. The van der Waals surface area contributed by atoms with Crippen molar-refractivity contribution in [3.8, 4) is 22.8 Å². The van der Waals surface area contributed by atoms with E-state index in [1.807, 2.05) is 18.2 Å². The Labute approximate surface area is 194 Å². The number of ether oxygens (including phenoxy) is 2. The highest BCUT2D eigenvalue weighted by Gasteiger charge is 2.21. The lowest BCUT2D eigenvalue weighted by atomic mass is 10.1. The van der Waals surface area contributed by atoms with Gasteiger partial charge >= 0.3 is 0 Å². The molecule has 0 aliphatic carbocycles. The summed E-state index contributed by atoms with van der Waals surface area (Å²) in [5.74, 6) is 1.49. The molecule has 0 unspecified atom stereocenters. The van der Waals surface area contributed by atoms with Crippen LogP contribution in [0.15, 0.2) is 59.5 Å². The van der Waals surface area contributed by atoms with Crippen LogP contribution in [0.5, 0.6) is 11.5 Å². The van der Waals surface area contributed by atoms with Gasteiger partial charge in [-0.05, 0) is 43.4 Å². The van der Waals surface area contributed by atoms with E-state index in [1.165, 1.54) is 20.3 Å². The minimum absolute atomic E-state index is 0.00826. The Balaban J connectivity index is 1.55. The first-order valence-electron chi connectivity index (χ1n) is 10.5. The summed E-state index contributed by atoms with van der Waals surface area (Å²) < 4.78 is 39.1. The Bertz CT molecular complexity index is 1210. The van der Waals surface area contributed by atoms with Crippen LogP contribution < -0.4 is 19.1 Å². The number of aromatic nitrogens is 2. The second kappa shape index (κ2) is 9.63. The number of benzene rings is 2. The number of nitrogens with zero attached hydrogens (tertiary/aromatic N) is 4. The van der Waals surface area contributed by atoms with Crippen LogP contribution in [0.4, 0.5) is 11.5 Å². The van der Waals surface area contributed by atoms with Gasteiger partial charge in [0.25, 0.3) is 10.0 Å². The van der Waals surface area contributed by atoms with Gasteiger partial charge in [-0.2, -0.15) is 0 Å². The number of hydrogen-bond donors (Lipinski definition) is 1. The third-order valence-corrected chi connectivity index (χ3v) is 6.95. The Kier molecular flexibility index (Phi) is 6.66. The molecular formula is C23H27N5O4S. The summed E-state index contributed by atoms with van der Waals surface area (Å²) >= 11 is 0. The molecule has 2 aromatic carbocycles. The number of anilines is 2. The van der Waals surface area contributed by atoms with Gasteiger partial charge in [0.05, 0.1) is 19.9 Å². The van der Waals surface area contributed by atoms with E-state index in [1.54, 1.807) is 30.3 Å². The first kappa shape index (κ1) is 22.8. The molecule has 1 aliphatic heterocycles. The Morgan fingerprint density at radius 2 is 1.70 bits per heavy atom. The fraction of sp³-hybridized carbons (Fsp3) is 0.304. The SMILES string of the molecule is COc1ccc(OC)c(S(=O)(=O)Nc2cccc(-c3ccc(N4CCN(C)CC4)nn3)c2)c1. The largest absolute Gasteiger partial charge is 0.497 e. The Morgan fingerprint density at radius 1 is 0.909 bits per heavy atom. The van der Waals surface area contributed by atoms with Crippen molar-refractivity contribution in [2.75, 3.05) is 57.1 Å². The molecule has 3 aromatic rings. The molecule has 0 spiro atoms. The summed E-state index contributed by atoms with van der Waals surface area (Å²) in [7, 11) is 1.09. The lowest BCUT2D eigenvalue weighted by Gasteiger charge is -2.32. The van der Waals surface area contributed by atoms with Gasteiger partial charge in [0.2, 0.25) is 0 Å². The van der Waals surface area contributed by atoms with Gasteiger partial charge in [-0.15, -0.1) is 10.2 Å². The molecule has 174 valence electrons. The number of nitrogens with one attached hydrogen (secondary N) is 1. The van der Waals surface area contributed by atoms with Gasteiger partial charge in [-0.1, -0.05) is 12.1 Å².